The van der Waals surface area contributed by atoms with Crippen LogP contribution in [0.4, 0.5) is 5.69 Å². The first-order chi connectivity index (χ1) is 19.9. The number of nitrogens with zero attached hydrogens (tertiary/aromatic N) is 5. The van der Waals surface area contributed by atoms with E-state index in [-0.39, 0.29) is 23.4 Å². The van der Waals surface area contributed by atoms with Gasteiger partial charge in [-0.2, -0.15) is 0 Å². The van der Waals surface area contributed by atoms with Crippen molar-refractivity contribution in [3.05, 3.63) is 82.9 Å². The number of benzene rings is 2. The van der Waals surface area contributed by atoms with Crippen molar-refractivity contribution in [2.45, 2.75) is 38.0 Å². The van der Waals surface area contributed by atoms with Crippen molar-refractivity contribution >= 4 is 45.8 Å². The van der Waals surface area contributed by atoms with E-state index < -0.39 is 0 Å². The first kappa shape index (κ1) is 27.9. The lowest BCUT2D eigenvalue weighted by Gasteiger charge is -2.42. The van der Waals surface area contributed by atoms with Crippen LogP contribution in [0.2, 0.25) is 5.02 Å². The Morgan fingerprint density at radius 3 is 2.51 bits per heavy atom. The molecule has 10 heteroatoms. The van der Waals surface area contributed by atoms with Crippen LogP contribution in [0.15, 0.2) is 60.8 Å². The maximum Gasteiger partial charge on any atom is 0.358 e. The van der Waals surface area contributed by atoms with Crippen LogP contribution in [0.1, 0.15) is 42.0 Å². The van der Waals surface area contributed by atoms with Crippen LogP contribution in [-0.4, -0.2) is 76.4 Å². The van der Waals surface area contributed by atoms with Gasteiger partial charge in [-0.25, -0.2) is 4.98 Å². The number of aromatic nitrogens is 3. The molecule has 2 aliphatic rings. The molecule has 1 unspecified atom stereocenters. The topological polar surface area (TPSA) is 69.8 Å². The minimum Gasteiger partial charge on any atom is -0.453 e. The van der Waals surface area contributed by atoms with E-state index >= 15 is 0 Å². The smallest absolute Gasteiger partial charge is 0.358 e. The minimum atomic E-state index is -0.206. The van der Waals surface area contributed by atoms with Gasteiger partial charge in [0.1, 0.15) is 17.7 Å². The molecule has 6 rings (SSSR count). The van der Waals surface area contributed by atoms with E-state index in [1.165, 1.54) is 5.69 Å². The minimum absolute atomic E-state index is 0.0534. The molecule has 8 nitrogen and oxygen atoms in total. The Balaban J connectivity index is 1.32. The van der Waals surface area contributed by atoms with Gasteiger partial charge in [0, 0.05) is 62.5 Å². The third-order valence-corrected chi connectivity index (χ3v) is 8.92. The number of para-hydroxylation sites is 2. The van der Waals surface area contributed by atoms with Crippen LogP contribution >= 0.6 is 23.8 Å². The summed E-state index contributed by atoms with van der Waals surface area (Å²) in [6.07, 6.45) is 2.94. The maximum absolute atomic E-state index is 6.54. The van der Waals surface area contributed by atoms with Gasteiger partial charge >= 0.3 is 5.24 Å². The average molecular weight is 591 g/mol. The third kappa shape index (κ3) is 5.90. The van der Waals surface area contributed by atoms with Gasteiger partial charge in [0.15, 0.2) is 0 Å². The number of fused-ring (bicyclic) bond motifs is 1. The highest BCUT2D eigenvalue weighted by Gasteiger charge is 2.39. The van der Waals surface area contributed by atoms with Crippen molar-refractivity contribution in [1.82, 2.24) is 24.8 Å². The molecule has 2 aliphatic heterocycles. The molecule has 0 saturated carbocycles. The molecule has 2 aromatic carbocycles. The number of aromatic amines is 1. The second-order valence-electron chi connectivity index (χ2n) is 11.0. The zero-order valence-electron chi connectivity index (χ0n) is 23.6. The number of likely N-dealkylation sites (tertiary alicyclic amines) is 1. The third-order valence-electron chi connectivity index (χ3n) is 8.33. The number of anilines is 1. The second kappa shape index (κ2) is 11.9. The number of likely N-dealkylation sites (N-methyl/N-ethyl adjacent to an activating group) is 1. The van der Waals surface area contributed by atoms with E-state index in [1.54, 1.807) is 6.20 Å². The number of pyridine rings is 1. The summed E-state index contributed by atoms with van der Waals surface area (Å²) in [5.41, 5.74) is 5.13. The SMILES string of the molecule is Cc1c(Cl)ccnc1[C@@H]1CC(OC(=S)Oc2ccccc2)C[C@H](c2nc3cccc(N4CCN(C)CC4)c3[nH]2)N1C. The summed E-state index contributed by atoms with van der Waals surface area (Å²) in [5.74, 6) is 1.55. The lowest BCUT2D eigenvalue weighted by molar-refractivity contribution is 0.00926. The zero-order valence-corrected chi connectivity index (χ0v) is 25.2. The predicted molar refractivity (Wildman–Crippen MR) is 167 cm³/mol. The Labute approximate surface area is 251 Å². The molecule has 3 atom stereocenters. The highest BCUT2D eigenvalue weighted by molar-refractivity contribution is 7.79. The molecule has 0 aliphatic carbocycles. The van der Waals surface area contributed by atoms with Crippen molar-refractivity contribution < 1.29 is 9.47 Å². The summed E-state index contributed by atoms with van der Waals surface area (Å²) in [5, 5.41) is 0.812. The van der Waals surface area contributed by atoms with Crippen LogP contribution in [0.5, 0.6) is 5.75 Å². The van der Waals surface area contributed by atoms with Gasteiger partial charge in [0.2, 0.25) is 0 Å². The van der Waals surface area contributed by atoms with E-state index in [9.17, 15) is 0 Å². The number of ether oxygens (including phenoxy) is 2. The van der Waals surface area contributed by atoms with Crippen molar-refractivity contribution in [2.24, 2.45) is 0 Å². The average Bonchev–Trinajstić information content (AvgIpc) is 3.41. The van der Waals surface area contributed by atoms with Gasteiger partial charge < -0.3 is 24.3 Å². The Bertz CT molecular complexity index is 1520. The standard InChI is InChI=1S/C31H35ClN6O2S/c1-20-23(32)12-13-33-28(20)26-18-22(40-31(41)39-21-8-5-4-6-9-21)19-27(37(26)3)30-34-24-10-7-11-25(29(24)35-30)38-16-14-36(2)15-17-38/h4-13,22,26-27H,14-19H2,1-3H3,(H,34,35)/t22?,26-,27+/m0/s1. The summed E-state index contributed by atoms with van der Waals surface area (Å²) in [4.78, 5) is 20.7. The number of hydrogen-bond acceptors (Lipinski definition) is 8. The van der Waals surface area contributed by atoms with Crippen molar-refractivity contribution in [2.75, 3.05) is 45.2 Å². The molecule has 41 heavy (non-hydrogen) atoms. The summed E-state index contributed by atoms with van der Waals surface area (Å²) in [6, 6.07) is 17.6. The van der Waals surface area contributed by atoms with E-state index in [1.807, 2.05) is 43.3 Å². The summed E-state index contributed by atoms with van der Waals surface area (Å²) in [6.45, 7) is 6.08. The van der Waals surface area contributed by atoms with E-state index in [0.717, 1.165) is 54.3 Å². The second-order valence-corrected chi connectivity index (χ2v) is 11.7. The zero-order chi connectivity index (χ0) is 28.5. The van der Waals surface area contributed by atoms with Crippen LogP contribution in [0.3, 0.4) is 0 Å². The van der Waals surface area contributed by atoms with Crippen LogP contribution in [0, 0.1) is 6.92 Å². The van der Waals surface area contributed by atoms with E-state index in [2.05, 4.69) is 52.0 Å². The van der Waals surface area contributed by atoms with E-state index in [0.29, 0.717) is 23.6 Å². The fourth-order valence-corrected chi connectivity index (χ4v) is 6.35. The number of imidazole rings is 1. The van der Waals surface area contributed by atoms with Gasteiger partial charge in [0.05, 0.1) is 34.5 Å². The largest absolute Gasteiger partial charge is 0.453 e. The van der Waals surface area contributed by atoms with Gasteiger partial charge in [-0.15, -0.1) is 0 Å². The molecule has 0 amide bonds. The summed E-state index contributed by atoms with van der Waals surface area (Å²) < 4.78 is 12.1. The number of piperazine rings is 1. The highest BCUT2D eigenvalue weighted by atomic mass is 35.5. The fraction of sp³-hybridized carbons (Fsp3) is 0.387. The number of nitrogens with one attached hydrogen (secondary N) is 1. The first-order valence-electron chi connectivity index (χ1n) is 14.1. The Kier molecular flexibility index (Phi) is 8.12. The normalized spacial score (nSPS) is 22.1. The first-order valence-corrected chi connectivity index (χ1v) is 14.8. The Morgan fingerprint density at radius 1 is 0.976 bits per heavy atom. The molecule has 214 valence electrons. The van der Waals surface area contributed by atoms with E-state index in [4.69, 9.17) is 43.3 Å². The molecule has 1 N–H and O–H groups in total. The molecule has 2 fully saturated rings. The van der Waals surface area contributed by atoms with Gasteiger partial charge in [-0.1, -0.05) is 35.9 Å². The van der Waals surface area contributed by atoms with Crippen molar-refractivity contribution in [1.29, 1.82) is 0 Å². The predicted octanol–water partition coefficient (Wildman–Crippen LogP) is 5.93. The molecule has 0 radical (unpaired) electrons. The molecular weight excluding hydrogens is 556 g/mol. The molecular formula is C31H35ClN6O2S. The maximum atomic E-state index is 6.54. The number of halogens is 1. The number of rotatable bonds is 5. The van der Waals surface area contributed by atoms with Crippen molar-refractivity contribution in [3.8, 4) is 5.75 Å². The van der Waals surface area contributed by atoms with Crippen LogP contribution < -0.4 is 9.64 Å². The van der Waals surface area contributed by atoms with Gasteiger partial charge in [-0.05, 0) is 56.9 Å². The quantitative estimate of drug-likeness (QED) is 0.287. The molecule has 4 aromatic rings. The summed E-state index contributed by atoms with van der Waals surface area (Å²) in [7, 11) is 4.30. The number of hydrogen-bond donors (Lipinski definition) is 1. The Morgan fingerprint density at radius 2 is 1.73 bits per heavy atom. The molecule has 0 bridgehead atoms. The molecule has 2 aromatic heterocycles. The molecule has 0 spiro atoms. The molecule has 4 heterocycles. The number of piperidine rings is 1. The summed E-state index contributed by atoms with van der Waals surface area (Å²) >= 11 is 12.1. The van der Waals surface area contributed by atoms with Gasteiger partial charge in [0.25, 0.3) is 0 Å². The lowest BCUT2D eigenvalue weighted by atomic mass is 9.89. The van der Waals surface area contributed by atoms with Crippen LogP contribution in [0.25, 0.3) is 11.0 Å². The van der Waals surface area contributed by atoms with Gasteiger partial charge in [-0.3, -0.25) is 9.88 Å². The number of thiocarbonyl (C=S) groups is 1. The monoisotopic (exact) mass is 590 g/mol. The molecule has 2 saturated heterocycles. The van der Waals surface area contributed by atoms with Crippen LogP contribution in [-0.2, 0) is 4.74 Å². The number of H-pyrrole nitrogens is 1. The lowest BCUT2D eigenvalue weighted by Crippen LogP contribution is -2.44. The Hall–Kier alpha value is -3.24. The highest BCUT2D eigenvalue weighted by Crippen LogP contribution is 2.43. The fourth-order valence-electron chi connectivity index (χ4n) is 5.96. The van der Waals surface area contributed by atoms with Crippen molar-refractivity contribution in [3.63, 3.8) is 0 Å².